The van der Waals surface area contributed by atoms with Crippen molar-refractivity contribution in [3.8, 4) is 10.6 Å². The molecule has 0 spiro atoms. The number of benzene rings is 1. The molecule has 2 aliphatic rings. The minimum Gasteiger partial charge on any atom is -0.398 e. The van der Waals surface area contributed by atoms with Gasteiger partial charge in [-0.05, 0) is 56.7 Å². The van der Waals surface area contributed by atoms with Crippen LogP contribution in [-0.4, -0.2) is 18.1 Å². The Balaban J connectivity index is 1.67. The zero-order valence-electron chi connectivity index (χ0n) is 12.3. The van der Waals surface area contributed by atoms with E-state index in [9.17, 15) is 0 Å². The highest BCUT2D eigenvalue weighted by molar-refractivity contribution is 7.15. The SMILES string of the molecule is Nc1cc(N2CCCC2)ccc1-c1nc2c(s1)CCCC2. The second-order valence-electron chi connectivity index (χ2n) is 6.06. The molecule has 2 aromatic rings. The maximum atomic E-state index is 6.32. The van der Waals surface area contributed by atoms with E-state index in [1.807, 2.05) is 11.3 Å². The Morgan fingerprint density at radius 1 is 1.05 bits per heavy atom. The van der Waals surface area contributed by atoms with Crippen LogP contribution in [0.3, 0.4) is 0 Å². The molecule has 1 aromatic heterocycles. The van der Waals surface area contributed by atoms with Crippen molar-refractivity contribution in [3.63, 3.8) is 0 Å². The monoisotopic (exact) mass is 299 g/mol. The number of anilines is 2. The Morgan fingerprint density at radius 2 is 1.86 bits per heavy atom. The predicted octanol–water partition coefficient (Wildman–Crippen LogP) is 3.87. The summed E-state index contributed by atoms with van der Waals surface area (Å²) in [5.74, 6) is 0. The molecule has 4 rings (SSSR count). The quantitative estimate of drug-likeness (QED) is 0.856. The maximum Gasteiger partial charge on any atom is 0.125 e. The largest absolute Gasteiger partial charge is 0.398 e. The first-order valence-corrected chi connectivity index (χ1v) is 8.76. The van der Waals surface area contributed by atoms with Crippen LogP contribution in [-0.2, 0) is 12.8 Å². The first-order valence-electron chi connectivity index (χ1n) is 7.95. The highest BCUT2D eigenvalue weighted by Crippen LogP contribution is 2.36. The summed E-state index contributed by atoms with van der Waals surface area (Å²) in [6, 6.07) is 6.49. The van der Waals surface area contributed by atoms with E-state index in [2.05, 4.69) is 23.1 Å². The lowest BCUT2D eigenvalue weighted by Gasteiger charge is -2.18. The molecule has 21 heavy (non-hydrogen) atoms. The molecule has 4 heteroatoms. The van der Waals surface area contributed by atoms with Gasteiger partial charge >= 0.3 is 0 Å². The van der Waals surface area contributed by atoms with Crippen LogP contribution in [0.15, 0.2) is 18.2 Å². The average molecular weight is 299 g/mol. The van der Waals surface area contributed by atoms with Gasteiger partial charge in [0.25, 0.3) is 0 Å². The highest BCUT2D eigenvalue weighted by Gasteiger charge is 2.18. The number of nitrogen functional groups attached to an aromatic ring is 1. The maximum absolute atomic E-state index is 6.32. The molecule has 0 saturated carbocycles. The van der Waals surface area contributed by atoms with E-state index in [1.165, 1.54) is 48.4 Å². The number of hydrogen-bond donors (Lipinski definition) is 1. The van der Waals surface area contributed by atoms with Gasteiger partial charge in [0.1, 0.15) is 5.01 Å². The zero-order valence-corrected chi connectivity index (χ0v) is 13.1. The average Bonchev–Trinajstić information content (AvgIpc) is 3.16. The molecule has 0 atom stereocenters. The smallest absolute Gasteiger partial charge is 0.125 e. The molecule has 110 valence electrons. The molecule has 3 nitrogen and oxygen atoms in total. The summed E-state index contributed by atoms with van der Waals surface area (Å²) in [5, 5.41) is 1.10. The van der Waals surface area contributed by atoms with Crippen LogP contribution in [0.2, 0.25) is 0 Å². The summed E-state index contributed by atoms with van der Waals surface area (Å²) in [7, 11) is 0. The number of aryl methyl sites for hydroxylation is 2. The third-order valence-corrected chi connectivity index (χ3v) is 5.77. The Morgan fingerprint density at radius 3 is 2.62 bits per heavy atom. The van der Waals surface area contributed by atoms with Crippen molar-refractivity contribution in [3.05, 3.63) is 28.8 Å². The molecule has 1 aromatic carbocycles. The van der Waals surface area contributed by atoms with Gasteiger partial charge in [-0.3, -0.25) is 0 Å². The fourth-order valence-corrected chi connectivity index (χ4v) is 4.58. The van der Waals surface area contributed by atoms with Crippen molar-refractivity contribution in [1.29, 1.82) is 0 Å². The van der Waals surface area contributed by atoms with E-state index in [4.69, 9.17) is 10.7 Å². The number of nitrogens with zero attached hydrogens (tertiary/aromatic N) is 2. The number of thiazole rings is 1. The normalized spacial score (nSPS) is 18.0. The van der Waals surface area contributed by atoms with Crippen molar-refractivity contribution in [1.82, 2.24) is 4.98 Å². The number of fused-ring (bicyclic) bond motifs is 1. The molecule has 2 heterocycles. The fourth-order valence-electron chi connectivity index (χ4n) is 3.38. The lowest BCUT2D eigenvalue weighted by molar-refractivity contribution is 0.682. The topological polar surface area (TPSA) is 42.1 Å². The van der Waals surface area contributed by atoms with E-state index in [1.54, 1.807) is 0 Å². The second-order valence-corrected chi connectivity index (χ2v) is 7.15. The zero-order chi connectivity index (χ0) is 14.2. The molecule has 0 radical (unpaired) electrons. The van der Waals surface area contributed by atoms with Crippen LogP contribution in [0, 0.1) is 0 Å². The number of rotatable bonds is 2. The molecular weight excluding hydrogens is 278 g/mol. The summed E-state index contributed by atoms with van der Waals surface area (Å²) in [6.45, 7) is 2.31. The highest BCUT2D eigenvalue weighted by atomic mass is 32.1. The van der Waals surface area contributed by atoms with Crippen LogP contribution in [0.4, 0.5) is 11.4 Å². The van der Waals surface area contributed by atoms with Gasteiger partial charge in [0.05, 0.1) is 5.69 Å². The van der Waals surface area contributed by atoms with E-state index in [0.717, 1.165) is 35.8 Å². The Bertz CT molecular complexity index is 633. The minimum atomic E-state index is 0.866. The summed E-state index contributed by atoms with van der Waals surface area (Å²) in [5.41, 5.74) is 10.9. The van der Waals surface area contributed by atoms with Gasteiger partial charge in [-0.25, -0.2) is 4.98 Å². The van der Waals surface area contributed by atoms with Crippen LogP contribution >= 0.6 is 11.3 Å². The molecular formula is C17H21N3S. The van der Waals surface area contributed by atoms with Crippen LogP contribution < -0.4 is 10.6 Å². The summed E-state index contributed by atoms with van der Waals surface area (Å²) < 4.78 is 0. The molecule has 1 aliphatic carbocycles. The molecule has 0 unspecified atom stereocenters. The van der Waals surface area contributed by atoms with Crippen molar-refractivity contribution < 1.29 is 0 Å². The van der Waals surface area contributed by atoms with Gasteiger partial charge in [-0.1, -0.05) is 0 Å². The van der Waals surface area contributed by atoms with Gasteiger partial charge in [0.15, 0.2) is 0 Å². The van der Waals surface area contributed by atoms with Gasteiger partial charge < -0.3 is 10.6 Å². The molecule has 0 amide bonds. The number of aromatic nitrogens is 1. The Labute approximate surface area is 129 Å². The van der Waals surface area contributed by atoms with Gasteiger partial charge in [0.2, 0.25) is 0 Å². The first-order chi connectivity index (χ1) is 10.3. The third-order valence-electron chi connectivity index (χ3n) is 4.58. The van der Waals surface area contributed by atoms with Gasteiger partial charge in [0, 0.05) is 34.9 Å². The summed E-state index contributed by atoms with van der Waals surface area (Å²) in [4.78, 5) is 8.73. The summed E-state index contributed by atoms with van der Waals surface area (Å²) >= 11 is 1.84. The van der Waals surface area contributed by atoms with Gasteiger partial charge in [-0.2, -0.15) is 0 Å². The van der Waals surface area contributed by atoms with Crippen molar-refractivity contribution in [2.24, 2.45) is 0 Å². The lowest BCUT2D eigenvalue weighted by atomic mass is 10.0. The Kier molecular flexibility index (Phi) is 3.34. The predicted molar refractivity (Wildman–Crippen MR) is 90.1 cm³/mol. The molecule has 1 aliphatic heterocycles. The van der Waals surface area contributed by atoms with E-state index in [-0.39, 0.29) is 0 Å². The first kappa shape index (κ1) is 13.1. The van der Waals surface area contributed by atoms with E-state index in [0.29, 0.717) is 0 Å². The summed E-state index contributed by atoms with van der Waals surface area (Å²) in [6.07, 6.45) is 7.50. The number of nitrogens with two attached hydrogens (primary N) is 1. The van der Waals surface area contributed by atoms with Crippen molar-refractivity contribution >= 4 is 22.7 Å². The molecule has 1 fully saturated rings. The molecule has 2 N–H and O–H groups in total. The van der Waals surface area contributed by atoms with Crippen LogP contribution in [0.5, 0.6) is 0 Å². The second kappa shape index (κ2) is 5.34. The van der Waals surface area contributed by atoms with Gasteiger partial charge in [-0.15, -0.1) is 11.3 Å². The Hall–Kier alpha value is -1.55. The minimum absolute atomic E-state index is 0.866. The molecule has 0 bridgehead atoms. The molecule has 1 saturated heterocycles. The van der Waals surface area contributed by atoms with Crippen molar-refractivity contribution in [2.45, 2.75) is 38.5 Å². The van der Waals surface area contributed by atoms with Crippen molar-refractivity contribution in [2.75, 3.05) is 23.7 Å². The lowest BCUT2D eigenvalue weighted by Crippen LogP contribution is -2.17. The number of hydrogen-bond acceptors (Lipinski definition) is 4. The van der Waals surface area contributed by atoms with Crippen LogP contribution in [0.25, 0.3) is 10.6 Å². The third kappa shape index (κ3) is 2.42. The van der Waals surface area contributed by atoms with Crippen LogP contribution in [0.1, 0.15) is 36.3 Å². The fraction of sp³-hybridized carbons (Fsp3) is 0.471. The van der Waals surface area contributed by atoms with E-state index < -0.39 is 0 Å². The standard InChI is InChI=1S/C17H21N3S/c18-14-11-12(20-9-3-4-10-20)7-8-13(14)17-19-15-5-1-2-6-16(15)21-17/h7-8,11H,1-6,9-10,18H2. The van der Waals surface area contributed by atoms with E-state index >= 15 is 0 Å².